The van der Waals surface area contributed by atoms with E-state index in [2.05, 4.69) is 5.43 Å². The maximum absolute atomic E-state index is 6.24. The predicted octanol–water partition coefficient (Wildman–Crippen LogP) is 2.91. The molecule has 1 unspecified atom stereocenters. The summed E-state index contributed by atoms with van der Waals surface area (Å²) in [5.41, 5.74) is 4.59. The lowest BCUT2D eigenvalue weighted by Crippen LogP contribution is -2.29. The van der Waals surface area contributed by atoms with E-state index in [4.69, 9.17) is 26.9 Å². The Morgan fingerprint density at radius 1 is 1.05 bits per heavy atom. The molecular formula is C15H17ClN2O2. The molecular weight excluding hydrogens is 276 g/mol. The van der Waals surface area contributed by atoms with E-state index in [0.29, 0.717) is 16.5 Å². The van der Waals surface area contributed by atoms with Crippen LogP contribution in [0.1, 0.15) is 17.2 Å². The molecule has 0 radical (unpaired) electrons. The fourth-order valence-corrected chi connectivity index (χ4v) is 2.32. The molecule has 4 nitrogen and oxygen atoms in total. The molecule has 0 aliphatic carbocycles. The summed E-state index contributed by atoms with van der Waals surface area (Å²) in [7, 11) is 3.22. The lowest BCUT2D eigenvalue weighted by molar-refractivity contribution is 0.392. The monoisotopic (exact) mass is 292 g/mol. The molecule has 0 bridgehead atoms. The van der Waals surface area contributed by atoms with Gasteiger partial charge in [-0.1, -0.05) is 29.8 Å². The van der Waals surface area contributed by atoms with Gasteiger partial charge in [-0.15, -0.1) is 0 Å². The van der Waals surface area contributed by atoms with Gasteiger partial charge in [0.1, 0.15) is 11.5 Å². The van der Waals surface area contributed by atoms with Gasteiger partial charge in [0.15, 0.2) is 0 Å². The third-order valence-corrected chi connectivity index (χ3v) is 3.43. The molecule has 0 heterocycles. The fourth-order valence-electron chi connectivity index (χ4n) is 2.07. The Morgan fingerprint density at radius 2 is 1.65 bits per heavy atom. The summed E-state index contributed by atoms with van der Waals surface area (Å²) in [5, 5.41) is 0.650. The van der Waals surface area contributed by atoms with Crippen molar-refractivity contribution in [2.75, 3.05) is 14.2 Å². The maximum atomic E-state index is 6.24. The van der Waals surface area contributed by atoms with E-state index in [1.807, 2.05) is 42.5 Å². The van der Waals surface area contributed by atoms with Gasteiger partial charge in [0.05, 0.1) is 20.3 Å². The number of methoxy groups -OCH3 is 2. The molecule has 0 saturated heterocycles. The molecule has 0 amide bonds. The van der Waals surface area contributed by atoms with Crippen molar-refractivity contribution < 1.29 is 9.47 Å². The molecule has 20 heavy (non-hydrogen) atoms. The summed E-state index contributed by atoms with van der Waals surface area (Å²) < 4.78 is 10.6. The molecule has 0 saturated carbocycles. The number of hydrazine groups is 1. The number of benzene rings is 2. The van der Waals surface area contributed by atoms with Crippen molar-refractivity contribution in [1.82, 2.24) is 5.43 Å². The van der Waals surface area contributed by atoms with Crippen molar-refractivity contribution in [1.29, 1.82) is 0 Å². The summed E-state index contributed by atoms with van der Waals surface area (Å²) in [6.07, 6.45) is 0. The predicted molar refractivity (Wildman–Crippen MR) is 80.2 cm³/mol. The minimum absolute atomic E-state index is 0.243. The quantitative estimate of drug-likeness (QED) is 0.657. The lowest BCUT2D eigenvalue weighted by Gasteiger charge is -2.19. The Kier molecular flexibility index (Phi) is 4.84. The molecule has 1 atom stereocenters. The number of rotatable bonds is 5. The largest absolute Gasteiger partial charge is 0.497 e. The van der Waals surface area contributed by atoms with Gasteiger partial charge < -0.3 is 9.47 Å². The molecule has 2 aromatic carbocycles. The number of ether oxygens (including phenoxy) is 2. The summed E-state index contributed by atoms with van der Waals surface area (Å²) in [4.78, 5) is 0. The number of hydrogen-bond acceptors (Lipinski definition) is 4. The van der Waals surface area contributed by atoms with Gasteiger partial charge in [0.2, 0.25) is 0 Å². The molecule has 5 heteroatoms. The normalized spacial score (nSPS) is 12.0. The van der Waals surface area contributed by atoms with Crippen molar-refractivity contribution in [2.45, 2.75) is 6.04 Å². The second-order valence-corrected chi connectivity index (χ2v) is 4.67. The zero-order valence-corrected chi connectivity index (χ0v) is 12.1. The van der Waals surface area contributed by atoms with Crippen molar-refractivity contribution in [2.24, 2.45) is 5.84 Å². The van der Waals surface area contributed by atoms with Crippen LogP contribution in [0.2, 0.25) is 5.02 Å². The molecule has 106 valence electrons. The summed E-state index contributed by atoms with van der Waals surface area (Å²) >= 11 is 6.24. The average Bonchev–Trinajstić information content (AvgIpc) is 2.49. The van der Waals surface area contributed by atoms with Crippen LogP contribution in [0.4, 0.5) is 0 Å². The standard InChI is InChI=1S/C15H17ClN2O2/c1-19-11-7-10(8-12(9-11)20-2)15(18-17)13-5-3-4-6-14(13)16/h3-9,15,18H,17H2,1-2H3. The minimum Gasteiger partial charge on any atom is -0.497 e. The van der Waals surface area contributed by atoms with Crippen molar-refractivity contribution in [3.8, 4) is 11.5 Å². The van der Waals surface area contributed by atoms with Crippen LogP contribution in [0, 0.1) is 0 Å². The summed E-state index contributed by atoms with van der Waals surface area (Å²) in [5.74, 6) is 7.10. The first-order chi connectivity index (χ1) is 9.69. The van der Waals surface area contributed by atoms with Crippen LogP contribution >= 0.6 is 11.6 Å². The molecule has 0 aromatic heterocycles. The van der Waals surface area contributed by atoms with Gasteiger partial charge in [-0.05, 0) is 29.3 Å². The fraction of sp³-hybridized carbons (Fsp3) is 0.200. The zero-order valence-electron chi connectivity index (χ0n) is 11.4. The van der Waals surface area contributed by atoms with Gasteiger partial charge >= 0.3 is 0 Å². The van der Waals surface area contributed by atoms with E-state index in [-0.39, 0.29) is 6.04 Å². The van der Waals surface area contributed by atoms with E-state index in [1.54, 1.807) is 14.2 Å². The first kappa shape index (κ1) is 14.7. The van der Waals surface area contributed by atoms with Gasteiger partial charge in [-0.3, -0.25) is 5.84 Å². The highest BCUT2D eigenvalue weighted by atomic mass is 35.5. The zero-order chi connectivity index (χ0) is 14.5. The average molecular weight is 293 g/mol. The molecule has 0 aliphatic rings. The third-order valence-electron chi connectivity index (χ3n) is 3.09. The first-order valence-corrected chi connectivity index (χ1v) is 6.51. The smallest absolute Gasteiger partial charge is 0.122 e. The van der Waals surface area contributed by atoms with E-state index in [0.717, 1.165) is 11.1 Å². The van der Waals surface area contributed by atoms with Gasteiger partial charge in [-0.2, -0.15) is 0 Å². The van der Waals surface area contributed by atoms with Gasteiger partial charge in [0.25, 0.3) is 0 Å². The van der Waals surface area contributed by atoms with Gasteiger partial charge in [0, 0.05) is 11.1 Å². The summed E-state index contributed by atoms with van der Waals surface area (Å²) in [6.45, 7) is 0. The first-order valence-electron chi connectivity index (χ1n) is 6.13. The Balaban J connectivity index is 2.49. The number of halogens is 1. The second kappa shape index (κ2) is 6.61. The van der Waals surface area contributed by atoms with E-state index in [1.165, 1.54) is 0 Å². The maximum Gasteiger partial charge on any atom is 0.122 e. The highest BCUT2D eigenvalue weighted by Gasteiger charge is 2.17. The van der Waals surface area contributed by atoms with Crippen LogP contribution in [0.3, 0.4) is 0 Å². The van der Waals surface area contributed by atoms with Crippen LogP contribution in [0.5, 0.6) is 11.5 Å². The summed E-state index contributed by atoms with van der Waals surface area (Å²) in [6, 6.07) is 12.9. The van der Waals surface area contributed by atoms with Gasteiger partial charge in [-0.25, -0.2) is 5.43 Å². The SMILES string of the molecule is COc1cc(OC)cc(C(NN)c2ccccc2Cl)c1. The molecule has 2 rings (SSSR count). The third kappa shape index (κ3) is 3.04. The molecule has 0 spiro atoms. The second-order valence-electron chi connectivity index (χ2n) is 4.27. The van der Waals surface area contributed by atoms with Crippen LogP contribution < -0.4 is 20.7 Å². The van der Waals surface area contributed by atoms with Crippen molar-refractivity contribution in [3.05, 3.63) is 58.6 Å². The van der Waals surface area contributed by atoms with Crippen molar-refractivity contribution >= 4 is 11.6 Å². The Morgan fingerprint density at radius 3 is 2.15 bits per heavy atom. The molecule has 0 fully saturated rings. The lowest BCUT2D eigenvalue weighted by atomic mass is 9.98. The number of hydrogen-bond donors (Lipinski definition) is 2. The Hall–Kier alpha value is -1.75. The van der Waals surface area contributed by atoms with E-state index < -0.39 is 0 Å². The van der Waals surface area contributed by atoms with Crippen LogP contribution in [-0.2, 0) is 0 Å². The molecule has 3 N–H and O–H groups in total. The Bertz CT molecular complexity index is 568. The molecule has 0 aliphatic heterocycles. The molecule has 2 aromatic rings. The highest BCUT2D eigenvalue weighted by Crippen LogP contribution is 2.32. The van der Waals surface area contributed by atoms with Crippen LogP contribution in [0.25, 0.3) is 0 Å². The van der Waals surface area contributed by atoms with Crippen LogP contribution in [0.15, 0.2) is 42.5 Å². The number of nitrogens with one attached hydrogen (secondary N) is 1. The number of nitrogens with two attached hydrogens (primary N) is 1. The van der Waals surface area contributed by atoms with Crippen LogP contribution in [-0.4, -0.2) is 14.2 Å². The topological polar surface area (TPSA) is 56.5 Å². The highest BCUT2D eigenvalue weighted by molar-refractivity contribution is 6.31. The Labute approximate surface area is 123 Å². The van der Waals surface area contributed by atoms with Crippen molar-refractivity contribution in [3.63, 3.8) is 0 Å². The van der Waals surface area contributed by atoms with E-state index >= 15 is 0 Å². The van der Waals surface area contributed by atoms with E-state index in [9.17, 15) is 0 Å². The minimum atomic E-state index is -0.243.